The lowest BCUT2D eigenvalue weighted by Gasteiger charge is -2.13. The van der Waals surface area contributed by atoms with Crippen LogP contribution in [0.15, 0.2) is 53.3 Å². The van der Waals surface area contributed by atoms with Crippen LogP contribution in [-0.2, 0) is 0 Å². The fourth-order valence-corrected chi connectivity index (χ4v) is 2.53. The molecule has 4 nitrogen and oxygen atoms in total. The molecular formula is C17H15NO3. The Morgan fingerprint density at radius 2 is 1.57 bits per heavy atom. The summed E-state index contributed by atoms with van der Waals surface area (Å²) in [7, 11) is 3.23. The quantitative estimate of drug-likeness (QED) is 0.802. The maximum atomic E-state index is 11.9. The van der Waals surface area contributed by atoms with Crippen LogP contribution in [0.5, 0.6) is 11.5 Å². The zero-order valence-corrected chi connectivity index (χ0v) is 11.8. The van der Waals surface area contributed by atoms with Crippen molar-refractivity contribution in [1.82, 2.24) is 4.98 Å². The Hall–Kier alpha value is -2.75. The summed E-state index contributed by atoms with van der Waals surface area (Å²) in [6.45, 7) is 0. The van der Waals surface area contributed by atoms with Gasteiger partial charge in [-0.2, -0.15) is 0 Å². The number of pyridine rings is 1. The molecule has 0 bridgehead atoms. The molecule has 1 aromatic heterocycles. The summed E-state index contributed by atoms with van der Waals surface area (Å²) in [5.74, 6) is 1.43. The summed E-state index contributed by atoms with van der Waals surface area (Å²) in [5.41, 5.74) is 2.24. The number of nitrogens with one attached hydrogen (secondary N) is 1. The summed E-state index contributed by atoms with van der Waals surface area (Å²) in [5, 5.41) is 0.865. The van der Waals surface area contributed by atoms with Crippen molar-refractivity contribution in [2.75, 3.05) is 14.2 Å². The molecule has 1 N–H and O–H groups in total. The van der Waals surface area contributed by atoms with E-state index >= 15 is 0 Å². The molecule has 0 saturated heterocycles. The lowest BCUT2D eigenvalue weighted by atomic mass is 9.99. The Labute approximate surface area is 122 Å². The lowest BCUT2D eigenvalue weighted by Crippen LogP contribution is -2.06. The molecule has 0 saturated carbocycles. The van der Waals surface area contributed by atoms with Gasteiger partial charge in [-0.05, 0) is 18.2 Å². The molecule has 0 aliphatic heterocycles. The average molecular weight is 281 g/mol. The van der Waals surface area contributed by atoms with Crippen LogP contribution in [0.25, 0.3) is 22.0 Å². The van der Waals surface area contributed by atoms with Gasteiger partial charge in [-0.3, -0.25) is 4.79 Å². The van der Waals surface area contributed by atoms with Gasteiger partial charge < -0.3 is 14.5 Å². The highest BCUT2D eigenvalue weighted by atomic mass is 16.5. The van der Waals surface area contributed by atoms with Gasteiger partial charge in [0, 0.05) is 22.6 Å². The molecule has 3 aromatic rings. The van der Waals surface area contributed by atoms with E-state index in [1.165, 1.54) is 0 Å². The number of ether oxygens (including phenoxy) is 2. The average Bonchev–Trinajstić information content (AvgIpc) is 2.53. The van der Waals surface area contributed by atoms with E-state index in [4.69, 9.17) is 9.47 Å². The van der Waals surface area contributed by atoms with Crippen molar-refractivity contribution < 1.29 is 9.47 Å². The number of rotatable bonds is 3. The summed E-state index contributed by atoms with van der Waals surface area (Å²) in [4.78, 5) is 14.8. The van der Waals surface area contributed by atoms with Gasteiger partial charge in [0.15, 0.2) is 0 Å². The molecule has 106 valence electrons. The Morgan fingerprint density at radius 1 is 0.857 bits per heavy atom. The maximum Gasteiger partial charge on any atom is 0.249 e. The molecule has 1 heterocycles. The van der Waals surface area contributed by atoms with Crippen LogP contribution in [-0.4, -0.2) is 19.2 Å². The number of fused-ring (bicyclic) bond motifs is 1. The summed E-state index contributed by atoms with van der Waals surface area (Å²) < 4.78 is 10.8. The second-order valence-electron chi connectivity index (χ2n) is 4.63. The van der Waals surface area contributed by atoms with E-state index in [0.717, 1.165) is 27.8 Å². The van der Waals surface area contributed by atoms with Crippen molar-refractivity contribution >= 4 is 10.9 Å². The first-order chi connectivity index (χ1) is 10.2. The number of benzene rings is 2. The van der Waals surface area contributed by atoms with Gasteiger partial charge in [0.2, 0.25) is 5.56 Å². The molecule has 0 aliphatic carbocycles. The van der Waals surface area contributed by atoms with Crippen LogP contribution in [0.3, 0.4) is 0 Å². The van der Waals surface area contributed by atoms with Crippen molar-refractivity contribution in [3.8, 4) is 22.6 Å². The standard InChI is InChI=1S/C17H15NO3/c1-20-14-8-4-3-6-11(14)12-10-16(19)18-13-7-5-9-15(21-2)17(12)13/h3-10H,1-2H3,(H,18,19). The Kier molecular flexibility index (Phi) is 3.36. The molecule has 0 fully saturated rings. The van der Waals surface area contributed by atoms with E-state index in [2.05, 4.69) is 4.98 Å². The van der Waals surface area contributed by atoms with E-state index in [-0.39, 0.29) is 5.56 Å². The lowest BCUT2D eigenvalue weighted by molar-refractivity contribution is 0.416. The second-order valence-corrected chi connectivity index (χ2v) is 4.63. The van der Waals surface area contributed by atoms with Gasteiger partial charge in [0.05, 0.1) is 19.7 Å². The smallest absolute Gasteiger partial charge is 0.249 e. The van der Waals surface area contributed by atoms with Gasteiger partial charge >= 0.3 is 0 Å². The minimum atomic E-state index is -0.156. The van der Waals surface area contributed by atoms with E-state index in [0.29, 0.717) is 5.75 Å². The fourth-order valence-electron chi connectivity index (χ4n) is 2.53. The minimum Gasteiger partial charge on any atom is -0.496 e. The second kappa shape index (κ2) is 5.32. The van der Waals surface area contributed by atoms with E-state index < -0.39 is 0 Å². The number of para-hydroxylation sites is 1. The van der Waals surface area contributed by atoms with Crippen molar-refractivity contribution in [3.63, 3.8) is 0 Å². The third-order valence-electron chi connectivity index (χ3n) is 3.45. The summed E-state index contributed by atoms with van der Waals surface area (Å²) in [6, 6.07) is 14.8. The number of H-pyrrole nitrogens is 1. The van der Waals surface area contributed by atoms with E-state index in [9.17, 15) is 4.79 Å². The molecule has 0 radical (unpaired) electrons. The zero-order valence-electron chi connectivity index (χ0n) is 11.8. The predicted molar refractivity (Wildman–Crippen MR) is 83.1 cm³/mol. The van der Waals surface area contributed by atoms with Crippen molar-refractivity contribution in [3.05, 3.63) is 58.9 Å². The third-order valence-corrected chi connectivity index (χ3v) is 3.45. The van der Waals surface area contributed by atoms with Gasteiger partial charge in [-0.15, -0.1) is 0 Å². The molecule has 0 amide bonds. The number of aromatic amines is 1. The first kappa shape index (κ1) is 13.2. The Balaban J connectivity index is 2.44. The highest BCUT2D eigenvalue weighted by Crippen LogP contribution is 2.37. The molecule has 2 aromatic carbocycles. The van der Waals surface area contributed by atoms with Gasteiger partial charge in [0.25, 0.3) is 0 Å². The SMILES string of the molecule is COc1ccccc1-c1cc(=O)[nH]c2cccc(OC)c12. The first-order valence-corrected chi connectivity index (χ1v) is 6.58. The number of methoxy groups -OCH3 is 2. The maximum absolute atomic E-state index is 11.9. The van der Waals surface area contributed by atoms with Gasteiger partial charge in [-0.1, -0.05) is 24.3 Å². The molecular weight excluding hydrogens is 266 g/mol. The molecule has 21 heavy (non-hydrogen) atoms. The van der Waals surface area contributed by atoms with E-state index in [1.54, 1.807) is 20.3 Å². The molecule has 4 heteroatoms. The largest absolute Gasteiger partial charge is 0.496 e. The Bertz CT molecular complexity index is 852. The summed E-state index contributed by atoms with van der Waals surface area (Å²) >= 11 is 0. The zero-order chi connectivity index (χ0) is 14.8. The van der Waals surface area contributed by atoms with Crippen LogP contribution in [0.1, 0.15) is 0 Å². The van der Waals surface area contributed by atoms with Gasteiger partial charge in [0.1, 0.15) is 11.5 Å². The monoisotopic (exact) mass is 281 g/mol. The number of aromatic nitrogens is 1. The molecule has 0 atom stereocenters. The predicted octanol–water partition coefficient (Wildman–Crippen LogP) is 3.21. The number of hydrogen-bond acceptors (Lipinski definition) is 3. The van der Waals surface area contributed by atoms with Crippen molar-refractivity contribution in [2.45, 2.75) is 0 Å². The Morgan fingerprint density at radius 3 is 2.33 bits per heavy atom. The molecule has 3 rings (SSSR count). The first-order valence-electron chi connectivity index (χ1n) is 6.58. The molecule has 0 aliphatic rings. The molecule has 0 spiro atoms. The highest BCUT2D eigenvalue weighted by molar-refractivity contribution is 5.99. The number of hydrogen-bond donors (Lipinski definition) is 1. The van der Waals surface area contributed by atoms with Crippen molar-refractivity contribution in [1.29, 1.82) is 0 Å². The fraction of sp³-hybridized carbons (Fsp3) is 0.118. The minimum absolute atomic E-state index is 0.156. The van der Waals surface area contributed by atoms with Crippen LogP contribution >= 0.6 is 0 Å². The topological polar surface area (TPSA) is 51.3 Å². The van der Waals surface area contributed by atoms with Crippen LogP contribution in [0.2, 0.25) is 0 Å². The third kappa shape index (κ3) is 2.25. The normalized spacial score (nSPS) is 10.6. The van der Waals surface area contributed by atoms with Gasteiger partial charge in [-0.25, -0.2) is 0 Å². The van der Waals surface area contributed by atoms with Crippen LogP contribution in [0, 0.1) is 0 Å². The van der Waals surface area contributed by atoms with E-state index in [1.807, 2.05) is 42.5 Å². The van der Waals surface area contributed by atoms with Crippen molar-refractivity contribution in [2.24, 2.45) is 0 Å². The highest BCUT2D eigenvalue weighted by Gasteiger charge is 2.13. The molecule has 0 unspecified atom stereocenters. The van der Waals surface area contributed by atoms with Crippen LogP contribution < -0.4 is 15.0 Å². The summed E-state index contributed by atoms with van der Waals surface area (Å²) in [6.07, 6.45) is 0. The van der Waals surface area contributed by atoms with Crippen LogP contribution in [0.4, 0.5) is 0 Å².